The lowest BCUT2D eigenvalue weighted by molar-refractivity contribution is 0.0413. The minimum atomic E-state index is -0.897. The van der Waals surface area contributed by atoms with Crippen LogP contribution in [0, 0.1) is 6.92 Å². The maximum atomic E-state index is 10.9. The molecular weight excluding hydrogens is 477 g/mol. The molecule has 1 aliphatic rings. The van der Waals surface area contributed by atoms with Crippen molar-refractivity contribution in [1.29, 1.82) is 0 Å². The molecule has 0 saturated heterocycles. The summed E-state index contributed by atoms with van der Waals surface area (Å²) in [6.45, 7) is 2.15. The fourth-order valence-corrected chi connectivity index (χ4v) is 4.93. The van der Waals surface area contributed by atoms with E-state index < -0.39 is 11.5 Å². The first kappa shape index (κ1) is 21.0. The Morgan fingerprint density at radius 1 is 1.28 bits per heavy atom. The van der Waals surface area contributed by atoms with Gasteiger partial charge in [-0.1, -0.05) is 11.6 Å². The zero-order valence-corrected chi connectivity index (χ0v) is 19.2. The van der Waals surface area contributed by atoms with Gasteiger partial charge in [0, 0.05) is 23.2 Å². The monoisotopic (exact) mass is 491 g/mol. The summed E-state index contributed by atoms with van der Waals surface area (Å²) in [5.74, 6) is 1.44. The third kappa shape index (κ3) is 3.76. The SMILES string of the molecule is COc1cnc2c(-c3nc4c(Cl)cc5c(c4s3)OC[C@H](COC(=O)Cl)O5)cc(C)cc2n1. The van der Waals surface area contributed by atoms with E-state index in [4.69, 9.17) is 47.1 Å². The summed E-state index contributed by atoms with van der Waals surface area (Å²) in [5.41, 5.74) is 2.98. The predicted molar refractivity (Wildman–Crippen MR) is 122 cm³/mol. The first-order chi connectivity index (χ1) is 15.4. The topological polar surface area (TPSA) is 92.7 Å². The number of methoxy groups -OCH3 is 1. The molecule has 1 aliphatic heterocycles. The molecule has 0 N–H and O–H groups in total. The first-order valence-electron chi connectivity index (χ1n) is 9.49. The molecule has 0 unspecified atom stereocenters. The van der Waals surface area contributed by atoms with E-state index in [1.54, 1.807) is 19.4 Å². The molecule has 11 heteroatoms. The van der Waals surface area contributed by atoms with Gasteiger partial charge < -0.3 is 18.9 Å². The van der Waals surface area contributed by atoms with Gasteiger partial charge >= 0.3 is 5.43 Å². The lowest BCUT2D eigenvalue weighted by Gasteiger charge is -2.26. The van der Waals surface area contributed by atoms with Crippen molar-refractivity contribution in [2.24, 2.45) is 0 Å². The van der Waals surface area contributed by atoms with Crippen LogP contribution in [0.25, 0.3) is 31.8 Å². The maximum absolute atomic E-state index is 10.9. The molecule has 0 amide bonds. The van der Waals surface area contributed by atoms with Crippen LogP contribution in [-0.4, -0.2) is 46.8 Å². The summed E-state index contributed by atoms with van der Waals surface area (Å²) in [5, 5.41) is 1.15. The van der Waals surface area contributed by atoms with Crippen LogP contribution in [0.2, 0.25) is 5.02 Å². The molecule has 164 valence electrons. The lowest BCUT2D eigenvalue weighted by atomic mass is 10.1. The molecule has 1 atom stereocenters. The number of carbonyl (C=O) groups excluding carboxylic acids is 1. The fourth-order valence-electron chi connectivity index (χ4n) is 3.48. The number of nitrogens with zero attached hydrogens (tertiary/aromatic N) is 3. The van der Waals surface area contributed by atoms with Gasteiger partial charge in [0.1, 0.15) is 28.4 Å². The minimum absolute atomic E-state index is 0.0250. The summed E-state index contributed by atoms with van der Waals surface area (Å²) in [6, 6.07) is 5.60. The summed E-state index contributed by atoms with van der Waals surface area (Å²) < 4.78 is 22.6. The Kier molecular flexibility index (Phi) is 5.40. The highest BCUT2D eigenvalue weighted by Gasteiger charge is 2.27. The second kappa shape index (κ2) is 8.23. The van der Waals surface area contributed by atoms with Gasteiger partial charge in [-0.3, -0.25) is 0 Å². The Morgan fingerprint density at radius 2 is 2.12 bits per heavy atom. The first-order valence-corrected chi connectivity index (χ1v) is 11.1. The van der Waals surface area contributed by atoms with E-state index in [0.717, 1.165) is 20.8 Å². The van der Waals surface area contributed by atoms with Gasteiger partial charge in [0.2, 0.25) is 5.88 Å². The number of fused-ring (bicyclic) bond motifs is 4. The van der Waals surface area contributed by atoms with Gasteiger partial charge in [-0.05, 0) is 24.6 Å². The van der Waals surface area contributed by atoms with E-state index in [0.29, 0.717) is 39.0 Å². The van der Waals surface area contributed by atoms with Crippen molar-refractivity contribution >= 4 is 61.2 Å². The van der Waals surface area contributed by atoms with Gasteiger partial charge in [-0.25, -0.2) is 19.7 Å². The van der Waals surface area contributed by atoms with E-state index in [1.807, 2.05) is 19.1 Å². The molecular formula is C21H15Cl2N3O5S. The fraction of sp³-hybridized carbons (Fsp3) is 0.238. The van der Waals surface area contributed by atoms with E-state index in [1.165, 1.54) is 11.3 Å². The van der Waals surface area contributed by atoms with Gasteiger partial charge in [0.25, 0.3) is 0 Å². The number of carbonyl (C=O) groups is 1. The number of aromatic nitrogens is 3. The Morgan fingerprint density at radius 3 is 2.91 bits per heavy atom. The van der Waals surface area contributed by atoms with Crippen LogP contribution in [0.1, 0.15) is 5.56 Å². The highest BCUT2D eigenvalue weighted by atomic mass is 35.5. The van der Waals surface area contributed by atoms with Crippen molar-refractivity contribution in [2.45, 2.75) is 13.0 Å². The van der Waals surface area contributed by atoms with Crippen LogP contribution in [-0.2, 0) is 4.74 Å². The molecule has 0 radical (unpaired) electrons. The van der Waals surface area contributed by atoms with Crippen molar-refractivity contribution in [3.05, 3.63) is 35.0 Å². The number of benzene rings is 2. The number of aryl methyl sites for hydroxylation is 1. The number of ether oxygens (including phenoxy) is 4. The second-order valence-electron chi connectivity index (χ2n) is 7.07. The molecule has 2 aromatic carbocycles. The van der Waals surface area contributed by atoms with Gasteiger partial charge in [0.05, 0.1) is 29.4 Å². The lowest BCUT2D eigenvalue weighted by Crippen LogP contribution is -2.33. The average Bonchev–Trinajstić information content (AvgIpc) is 3.22. The quantitative estimate of drug-likeness (QED) is 0.350. The number of rotatable bonds is 4. The molecule has 32 heavy (non-hydrogen) atoms. The van der Waals surface area contributed by atoms with Crippen LogP contribution in [0.5, 0.6) is 17.4 Å². The molecule has 0 saturated carbocycles. The molecule has 5 rings (SSSR count). The Labute approximate surface area is 196 Å². The third-order valence-corrected chi connectivity index (χ3v) is 6.32. The summed E-state index contributed by atoms with van der Waals surface area (Å²) in [4.78, 5) is 24.7. The van der Waals surface area contributed by atoms with E-state index >= 15 is 0 Å². The van der Waals surface area contributed by atoms with E-state index in [9.17, 15) is 4.79 Å². The van der Waals surface area contributed by atoms with E-state index in [2.05, 4.69) is 9.97 Å². The standard InChI is InChI=1S/C21H15Cl2N3O5S/c1-9-3-11(16-13(4-9)25-15(28-2)6-24-16)20-26-17-12(22)5-14-18(19(17)32-20)29-7-10(31-14)8-30-21(23)27/h3-6,10H,7-8H2,1-2H3/t10-/m1/s1. The number of thiazole rings is 1. The van der Waals surface area contributed by atoms with Crippen molar-refractivity contribution in [3.8, 4) is 28.0 Å². The minimum Gasteiger partial charge on any atom is -0.484 e. The van der Waals surface area contributed by atoms with Crippen molar-refractivity contribution in [1.82, 2.24) is 15.0 Å². The second-order valence-corrected chi connectivity index (χ2v) is 8.79. The Hall–Kier alpha value is -2.88. The molecule has 0 aliphatic carbocycles. The highest BCUT2D eigenvalue weighted by Crippen LogP contribution is 2.47. The van der Waals surface area contributed by atoms with Crippen LogP contribution >= 0.6 is 34.5 Å². The summed E-state index contributed by atoms with van der Waals surface area (Å²) >= 11 is 13.2. The van der Waals surface area contributed by atoms with Crippen LogP contribution in [0.3, 0.4) is 0 Å². The molecule has 4 aromatic rings. The van der Waals surface area contributed by atoms with Crippen LogP contribution in [0.15, 0.2) is 24.4 Å². The molecule has 3 heterocycles. The van der Waals surface area contributed by atoms with Crippen LogP contribution in [0.4, 0.5) is 4.79 Å². The molecule has 0 spiro atoms. The normalized spacial score (nSPS) is 15.2. The van der Waals surface area contributed by atoms with Gasteiger partial charge in [-0.2, -0.15) is 0 Å². The van der Waals surface area contributed by atoms with Crippen molar-refractivity contribution in [2.75, 3.05) is 20.3 Å². The predicted octanol–water partition coefficient (Wildman–Crippen LogP) is 5.39. The summed E-state index contributed by atoms with van der Waals surface area (Å²) in [6.07, 6.45) is 1.09. The molecule has 0 bridgehead atoms. The van der Waals surface area contributed by atoms with Crippen molar-refractivity contribution < 1.29 is 23.7 Å². The maximum Gasteiger partial charge on any atom is 0.403 e. The molecule has 2 aromatic heterocycles. The van der Waals surface area contributed by atoms with Gasteiger partial charge in [0.15, 0.2) is 17.6 Å². The number of halogens is 2. The zero-order chi connectivity index (χ0) is 22.4. The van der Waals surface area contributed by atoms with Gasteiger partial charge in [-0.15, -0.1) is 11.3 Å². The highest BCUT2D eigenvalue weighted by molar-refractivity contribution is 7.22. The molecule has 8 nitrogen and oxygen atoms in total. The van der Waals surface area contributed by atoms with Crippen LogP contribution < -0.4 is 14.2 Å². The molecule has 0 fully saturated rings. The van der Waals surface area contributed by atoms with E-state index in [-0.39, 0.29) is 13.2 Å². The largest absolute Gasteiger partial charge is 0.484 e. The third-order valence-electron chi connectivity index (χ3n) is 4.84. The van der Waals surface area contributed by atoms with Crippen molar-refractivity contribution in [3.63, 3.8) is 0 Å². The summed E-state index contributed by atoms with van der Waals surface area (Å²) in [7, 11) is 1.55. The number of hydrogen-bond donors (Lipinski definition) is 0. The zero-order valence-electron chi connectivity index (χ0n) is 16.8. The Bertz CT molecular complexity index is 1380. The number of hydrogen-bond acceptors (Lipinski definition) is 9. The Balaban J connectivity index is 1.59. The smallest absolute Gasteiger partial charge is 0.403 e. The average molecular weight is 492 g/mol.